The molecule has 1 aromatic rings. The molecule has 0 N–H and O–H groups in total. The molecule has 1 spiro atoms. The molecule has 5 nitrogen and oxygen atoms in total. The van der Waals surface area contributed by atoms with Crippen molar-refractivity contribution in [3.8, 4) is 0 Å². The van der Waals surface area contributed by atoms with Gasteiger partial charge in [-0.3, -0.25) is 14.7 Å². The van der Waals surface area contributed by atoms with E-state index in [1.807, 2.05) is 4.90 Å². The average Bonchev–Trinajstić information content (AvgIpc) is 3.07. The van der Waals surface area contributed by atoms with Crippen LogP contribution in [0.25, 0.3) is 0 Å². The summed E-state index contributed by atoms with van der Waals surface area (Å²) < 4.78 is 0. The van der Waals surface area contributed by atoms with Crippen molar-refractivity contribution in [2.24, 2.45) is 5.92 Å². The van der Waals surface area contributed by atoms with Gasteiger partial charge in [-0.25, -0.2) is 4.98 Å². The van der Waals surface area contributed by atoms with Crippen LogP contribution in [0.5, 0.6) is 0 Å². The fourth-order valence-corrected chi connectivity index (χ4v) is 3.78. The van der Waals surface area contributed by atoms with Crippen LogP contribution in [0.15, 0.2) is 18.6 Å². The van der Waals surface area contributed by atoms with E-state index in [9.17, 15) is 4.79 Å². The summed E-state index contributed by atoms with van der Waals surface area (Å²) in [6.45, 7) is 8.52. The molecule has 3 heterocycles. The highest BCUT2D eigenvalue weighted by molar-refractivity contribution is 5.92. The monoisotopic (exact) mass is 288 g/mol. The molecular formula is C16H24N4O. The number of nitrogens with zero attached hydrogens (tertiary/aromatic N) is 4. The van der Waals surface area contributed by atoms with Gasteiger partial charge in [-0.1, -0.05) is 13.8 Å². The topological polar surface area (TPSA) is 49.3 Å². The first-order valence-electron chi connectivity index (χ1n) is 7.91. The number of amides is 1. The third-order valence-electron chi connectivity index (χ3n) is 4.73. The molecule has 1 aromatic heterocycles. The third-order valence-corrected chi connectivity index (χ3v) is 4.73. The van der Waals surface area contributed by atoms with Gasteiger partial charge in [0.25, 0.3) is 5.91 Å². The van der Waals surface area contributed by atoms with E-state index in [4.69, 9.17) is 0 Å². The third kappa shape index (κ3) is 2.79. The first kappa shape index (κ1) is 14.4. The Hall–Kier alpha value is -1.49. The first-order chi connectivity index (χ1) is 10.1. The number of hydrogen-bond acceptors (Lipinski definition) is 4. The van der Waals surface area contributed by atoms with Crippen LogP contribution >= 0.6 is 0 Å². The van der Waals surface area contributed by atoms with Gasteiger partial charge < -0.3 is 4.90 Å². The molecule has 2 aliphatic rings. The van der Waals surface area contributed by atoms with Crippen molar-refractivity contribution in [3.05, 3.63) is 24.3 Å². The van der Waals surface area contributed by atoms with Crippen molar-refractivity contribution < 1.29 is 4.79 Å². The van der Waals surface area contributed by atoms with E-state index in [-0.39, 0.29) is 11.4 Å². The van der Waals surface area contributed by atoms with Crippen LogP contribution in [0.3, 0.4) is 0 Å². The Morgan fingerprint density at radius 2 is 2.19 bits per heavy atom. The van der Waals surface area contributed by atoms with E-state index >= 15 is 0 Å². The van der Waals surface area contributed by atoms with E-state index < -0.39 is 0 Å². The Morgan fingerprint density at radius 1 is 1.33 bits per heavy atom. The summed E-state index contributed by atoms with van der Waals surface area (Å²) in [7, 11) is 0. The lowest BCUT2D eigenvalue weighted by atomic mass is 9.94. The van der Waals surface area contributed by atoms with Crippen LogP contribution in [0.4, 0.5) is 0 Å². The van der Waals surface area contributed by atoms with Gasteiger partial charge in [-0.2, -0.15) is 0 Å². The molecule has 1 atom stereocenters. The van der Waals surface area contributed by atoms with Crippen LogP contribution < -0.4 is 0 Å². The summed E-state index contributed by atoms with van der Waals surface area (Å²) in [5.74, 6) is 0.695. The highest BCUT2D eigenvalue weighted by Crippen LogP contribution is 2.38. The number of aromatic nitrogens is 2. The van der Waals surface area contributed by atoms with Gasteiger partial charge >= 0.3 is 0 Å². The lowest BCUT2D eigenvalue weighted by Crippen LogP contribution is -2.48. The molecule has 2 fully saturated rings. The smallest absolute Gasteiger partial charge is 0.274 e. The largest absolute Gasteiger partial charge is 0.335 e. The Bertz CT molecular complexity index is 504. The lowest BCUT2D eigenvalue weighted by molar-refractivity contribution is 0.0732. The molecular weight excluding hydrogens is 264 g/mol. The van der Waals surface area contributed by atoms with Crippen LogP contribution in [-0.4, -0.2) is 57.4 Å². The van der Waals surface area contributed by atoms with Crippen LogP contribution in [0.2, 0.25) is 0 Å². The normalized spacial score (nSPS) is 26.1. The quantitative estimate of drug-likeness (QED) is 0.851. The predicted molar refractivity (Wildman–Crippen MR) is 80.9 cm³/mol. The van der Waals surface area contributed by atoms with Crippen LogP contribution in [-0.2, 0) is 0 Å². The second-order valence-electron chi connectivity index (χ2n) is 6.74. The number of carbonyl (C=O) groups is 1. The molecule has 5 heteroatoms. The predicted octanol–water partition coefficient (Wildman–Crippen LogP) is 1.81. The van der Waals surface area contributed by atoms with Gasteiger partial charge in [0.05, 0.1) is 6.20 Å². The molecule has 3 rings (SSSR count). The molecule has 114 valence electrons. The van der Waals surface area contributed by atoms with Gasteiger partial charge in [0.2, 0.25) is 0 Å². The van der Waals surface area contributed by atoms with E-state index in [1.54, 1.807) is 18.6 Å². The Balaban J connectivity index is 1.71. The van der Waals surface area contributed by atoms with Crippen molar-refractivity contribution in [2.75, 3.05) is 26.2 Å². The molecule has 2 aliphatic heterocycles. The number of hydrogen-bond donors (Lipinski definition) is 0. The highest BCUT2D eigenvalue weighted by atomic mass is 16.2. The molecule has 1 amide bonds. The van der Waals surface area contributed by atoms with Crippen LogP contribution in [0, 0.1) is 5.92 Å². The minimum absolute atomic E-state index is 0.0244. The Kier molecular flexibility index (Phi) is 3.93. The molecule has 0 aromatic carbocycles. The summed E-state index contributed by atoms with van der Waals surface area (Å²) in [5.41, 5.74) is 0.672. The van der Waals surface area contributed by atoms with Crippen molar-refractivity contribution in [1.29, 1.82) is 0 Å². The fourth-order valence-electron chi connectivity index (χ4n) is 3.78. The van der Waals surface area contributed by atoms with Gasteiger partial charge in [0.1, 0.15) is 5.69 Å². The lowest BCUT2D eigenvalue weighted by Gasteiger charge is -2.36. The second-order valence-corrected chi connectivity index (χ2v) is 6.74. The Morgan fingerprint density at radius 3 is 2.90 bits per heavy atom. The maximum absolute atomic E-state index is 12.5. The molecule has 2 saturated heterocycles. The maximum atomic E-state index is 12.5. The van der Waals surface area contributed by atoms with Crippen molar-refractivity contribution in [1.82, 2.24) is 19.8 Å². The van der Waals surface area contributed by atoms with E-state index in [1.165, 1.54) is 19.4 Å². The molecule has 0 saturated carbocycles. The maximum Gasteiger partial charge on any atom is 0.274 e. The Labute approximate surface area is 126 Å². The minimum Gasteiger partial charge on any atom is -0.335 e. The summed E-state index contributed by atoms with van der Waals surface area (Å²) >= 11 is 0. The summed E-state index contributed by atoms with van der Waals surface area (Å²) in [6, 6.07) is 0. The van der Waals surface area contributed by atoms with Gasteiger partial charge in [0.15, 0.2) is 0 Å². The number of rotatable bonds is 3. The zero-order chi connectivity index (χ0) is 14.9. The molecule has 0 radical (unpaired) electrons. The van der Waals surface area contributed by atoms with Crippen LogP contribution in [0.1, 0.15) is 43.6 Å². The zero-order valence-corrected chi connectivity index (χ0v) is 13.0. The zero-order valence-electron chi connectivity index (χ0n) is 13.0. The van der Waals surface area contributed by atoms with E-state index in [0.29, 0.717) is 11.6 Å². The summed E-state index contributed by atoms with van der Waals surface area (Å²) in [6.07, 6.45) is 8.30. The molecule has 21 heavy (non-hydrogen) atoms. The first-order valence-corrected chi connectivity index (χ1v) is 7.91. The standard InChI is InChI=1S/C16H24N4O/c1-13(2)11-20-8-3-4-16(20)5-9-19(12-16)15(21)14-10-17-6-7-18-14/h6-7,10,13H,3-5,8-9,11-12H2,1-2H3/t16-/m1/s1. The minimum atomic E-state index is 0.0244. The second kappa shape index (κ2) is 5.72. The van der Waals surface area contributed by atoms with Gasteiger partial charge in [0, 0.05) is 37.6 Å². The SMILES string of the molecule is CC(C)CN1CCC[C@]12CCN(C(=O)c1cnccn1)C2. The van der Waals surface area contributed by atoms with E-state index in [2.05, 4.69) is 28.7 Å². The average molecular weight is 288 g/mol. The number of likely N-dealkylation sites (tertiary alicyclic amines) is 2. The van der Waals surface area contributed by atoms with Gasteiger partial charge in [-0.15, -0.1) is 0 Å². The van der Waals surface area contributed by atoms with Crippen molar-refractivity contribution in [3.63, 3.8) is 0 Å². The summed E-state index contributed by atoms with van der Waals surface area (Å²) in [5, 5.41) is 0. The number of carbonyl (C=O) groups excluding carboxylic acids is 1. The van der Waals surface area contributed by atoms with Crippen molar-refractivity contribution in [2.45, 2.75) is 38.6 Å². The van der Waals surface area contributed by atoms with E-state index in [0.717, 1.165) is 26.1 Å². The molecule has 0 unspecified atom stereocenters. The molecule has 0 aliphatic carbocycles. The molecule has 0 bridgehead atoms. The highest BCUT2D eigenvalue weighted by Gasteiger charge is 2.47. The van der Waals surface area contributed by atoms with Crippen molar-refractivity contribution >= 4 is 5.91 Å². The fraction of sp³-hybridized carbons (Fsp3) is 0.688. The summed E-state index contributed by atoms with van der Waals surface area (Å²) in [4.78, 5) is 25.2. The van der Waals surface area contributed by atoms with Gasteiger partial charge in [-0.05, 0) is 31.7 Å².